The van der Waals surface area contributed by atoms with Crippen LogP contribution in [-0.4, -0.2) is 0 Å². The van der Waals surface area contributed by atoms with Crippen molar-refractivity contribution in [2.45, 2.75) is 5.41 Å². The molecule has 9 aromatic carbocycles. The van der Waals surface area contributed by atoms with Gasteiger partial charge in [-0.1, -0.05) is 170 Å². The van der Waals surface area contributed by atoms with E-state index in [4.69, 9.17) is 0 Å². The molecule has 1 aliphatic rings. The highest BCUT2D eigenvalue weighted by Gasteiger charge is 2.46. The number of benzene rings is 9. The van der Waals surface area contributed by atoms with Crippen molar-refractivity contribution in [2.24, 2.45) is 0 Å². The van der Waals surface area contributed by atoms with Crippen molar-refractivity contribution in [3.63, 3.8) is 0 Å². The van der Waals surface area contributed by atoms with Crippen LogP contribution in [0.15, 0.2) is 206 Å². The second-order valence-corrected chi connectivity index (χ2v) is 13.8. The number of rotatable bonds is 6. The molecule has 0 heterocycles. The maximum Gasteiger partial charge on any atom is 0.0713 e. The Morgan fingerprint density at radius 3 is 1.50 bits per heavy atom. The van der Waals surface area contributed by atoms with E-state index in [1.807, 2.05) is 0 Å². The lowest BCUT2D eigenvalue weighted by Crippen LogP contribution is -2.28. The Morgan fingerprint density at radius 2 is 0.808 bits per heavy atom. The molecule has 52 heavy (non-hydrogen) atoms. The summed E-state index contributed by atoms with van der Waals surface area (Å²) in [6.45, 7) is 0. The highest BCUT2D eigenvalue weighted by atomic mass is 14.9. The van der Waals surface area contributed by atoms with Crippen molar-refractivity contribution in [2.75, 3.05) is 5.32 Å². The summed E-state index contributed by atoms with van der Waals surface area (Å²) in [5.74, 6) is 0. The molecular weight excluding hydrogens is 627 g/mol. The molecule has 1 N–H and O–H groups in total. The van der Waals surface area contributed by atoms with Crippen molar-refractivity contribution in [3.8, 4) is 33.4 Å². The summed E-state index contributed by atoms with van der Waals surface area (Å²) in [4.78, 5) is 0. The fourth-order valence-corrected chi connectivity index (χ4v) is 8.48. The molecule has 9 aromatic rings. The Labute approximate surface area is 304 Å². The highest BCUT2D eigenvalue weighted by Crippen LogP contribution is 2.56. The molecular formula is C51H35N. The fourth-order valence-electron chi connectivity index (χ4n) is 8.48. The predicted molar refractivity (Wildman–Crippen MR) is 219 cm³/mol. The van der Waals surface area contributed by atoms with Gasteiger partial charge in [0.25, 0.3) is 0 Å². The van der Waals surface area contributed by atoms with E-state index in [0.29, 0.717) is 0 Å². The van der Waals surface area contributed by atoms with Crippen LogP contribution in [0.3, 0.4) is 0 Å². The zero-order valence-electron chi connectivity index (χ0n) is 28.6. The molecule has 10 rings (SSSR count). The largest absolute Gasteiger partial charge is 0.356 e. The van der Waals surface area contributed by atoms with Gasteiger partial charge in [0, 0.05) is 11.4 Å². The number of anilines is 2. The van der Waals surface area contributed by atoms with Crippen LogP contribution in [0.2, 0.25) is 0 Å². The summed E-state index contributed by atoms with van der Waals surface area (Å²) in [5, 5.41) is 8.75. The van der Waals surface area contributed by atoms with Gasteiger partial charge < -0.3 is 5.32 Å². The average molecular weight is 662 g/mol. The van der Waals surface area contributed by atoms with E-state index >= 15 is 0 Å². The average Bonchev–Trinajstić information content (AvgIpc) is 3.52. The van der Waals surface area contributed by atoms with Crippen LogP contribution >= 0.6 is 0 Å². The summed E-state index contributed by atoms with van der Waals surface area (Å²) in [6, 6.07) is 75.3. The number of hydrogen-bond donors (Lipinski definition) is 1. The van der Waals surface area contributed by atoms with Gasteiger partial charge in [-0.2, -0.15) is 0 Å². The first-order chi connectivity index (χ1) is 25.8. The van der Waals surface area contributed by atoms with Crippen LogP contribution in [0.1, 0.15) is 22.3 Å². The van der Waals surface area contributed by atoms with Crippen LogP contribution in [0, 0.1) is 0 Å². The highest BCUT2D eigenvalue weighted by molar-refractivity contribution is 6.08. The van der Waals surface area contributed by atoms with Crippen LogP contribution < -0.4 is 5.32 Å². The van der Waals surface area contributed by atoms with E-state index in [1.54, 1.807) is 0 Å². The van der Waals surface area contributed by atoms with E-state index in [-0.39, 0.29) is 0 Å². The van der Waals surface area contributed by atoms with Gasteiger partial charge in [-0.25, -0.2) is 0 Å². The third kappa shape index (κ3) is 4.86. The van der Waals surface area contributed by atoms with E-state index < -0.39 is 5.41 Å². The monoisotopic (exact) mass is 661 g/mol. The minimum absolute atomic E-state index is 0.403. The van der Waals surface area contributed by atoms with Gasteiger partial charge in [0.15, 0.2) is 0 Å². The molecule has 1 nitrogen and oxygen atoms in total. The summed E-state index contributed by atoms with van der Waals surface area (Å²) in [6.07, 6.45) is 0. The van der Waals surface area contributed by atoms with Crippen LogP contribution in [0.5, 0.6) is 0 Å². The molecule has 0 aliphatic heterocycles. The first kappa shape index (κ1) is 30.2. The summed E-state index contributed by atoms with van der Waals surface area (Å²) in [7, 11) is 0. The van der Waals surface area contributed by atoms with Crippen molar-refractivity contribution < 1.29 is 0 Å². The van der Waals surface area contributed by atoms with Crippen molar-refractivity contribution in [3.05, 3.63) is 229 Å². The van der Waals surface area contributed by atoms with E-state index in [0.717, 1.165) is 11.4 Å². The molecule has 0 amide bonds. The van der Waals surface area contributed by atoms with Crippen molar-refractivity contribution in [1.82, 2.24) is 0 Å². The fraction of sp³-hybridized carbons (Fsp3) is 0.0196. The van der Waals surface area contributed by atoms with Crippen LogP contribution in [0.4, 0.5) is 11.4 Å². The smallest absolute Gasteiger partial charge is 0.0713 e. The molecule has 0 aromatic heterocycles. The van der Waals surface area contributed by atoms with E-state index in [9.17, 15) is 0 Å². The van der Waals surface area contributed by atoms with Crippen LogP contribution in [0.25, 0.3) is 54.9 Å². The maximum absolute atomic E-state index is 3.62. The first-order valence-corrected chi connectivity index (χ1v) is 18.0. The maximum atomic E-state index is 3.62. The first-order valence-electron chi connectivity index (χ1n) is 18.0. The van der Waals surface area contributed by atoms with Gasteiger partial charge in [-0.15, -0.1) is 0 Å². The molecule has 1 heteroatoms. The molecule has 0 fully saturated rings. The van der Waals surface area contributed by atoms with Crippen molar-refractivity contribution in [1.29, 1.82) is 0 Å². The lowest BCUT2D eigenvalue weighted by atomic mass is 9.67. The summed E-state index contributed by atoms with van der Waals surface area (Å²) < 4.78 is 0. The van der Waals surface area contributed by atoms with E-state index in [1.165, 1.54) is 77.2 Å². The Kier molecular flexibility index (Phi) is 7.11. The second kappa shape index (κ2) is 12.3. The SMILES string of the molecule is c1ccc(C2(c3ccccc3)c3ccccc3-c3ccc(-c4ccc(Nc5ccc(-c6ccc7c(ccc8ccccc87)c6)cc5)cc4)cc32)cc1. The summed E-state index contributed by atoms with van der Waals surface area (Å²) in [5.41, 5.74) is 14.4. The van der Waals surface area contributed by atoms with Gasteiger partial charge in [0.05, 0.1) is 5.41 Å². The van der Waals surface area contributed by atoms with Gasteiger partial charge in [0.2, 0.25) is 0 Å². The Balaban J connectivity index is 0.951. The minimum Gasteiger partial charge on any atom is -0.356 e. The zero-order chi connectivity index (χ0) is 34.5. The number of fused-ring (bicyclic) bond motifs is 6. The third-order valence-electron chi connectivity index (χ3n) is 10.9. The predicted octanol–water partition coefficient (Wildman–Crippen LogP) is 13.4. The van der Waals surface area contributed by atoms with Gasteiger partial charge in [-0.05, 0) is 114 Å². The van der Waals surface area contributed by atoms with Gasteiger partial charge >= 0.3 is 0 Å². The minimum atomic E-state index is -0.403. The molecule has 0 bridgehead atoms. The molecule has 244 valence electrons. The quantitative estimate of drug-likeness (QED) is 0.175. The van der Waals surface area contributed by atoms with Crippen molar-refractivity contribution >= 4 is 32.9 Å². The molecule has 0 saturated heterocycles. The molecule has 0 saturated carbocycles. The Morgan fingerprint density at radius 1 is 0.308 bits per heavy atom. The third-order valence-corrected chi connectivity index (χ3v) is 10.9. The Bertz CT molecular complexity index is 2690. The van der Waals surface area contributed by atoms with Gasteiger partial charge in [0.1, 0.15) is 0 Å². The van der Waals surface area contributed by atoms with E-state index in [2.05, 4.69) is 212 Å². The molecule has 0 radical (unpaired) electrons. The molecule has 0 atom stereocenters. The molecule has 0 unspecified atom stereocenters. The Hall–Kier alpha value is -6.70. The number of nitrogens with one attached hydrogen (secondary N) is 1. The normalized spacial score (nSPS) is 12.8. The van der Waals surface area contributed by atoms with Gasteiger partial charge in [-0.3, -0.25) is 0 Å². The van der Waals surface area contributed by atoms with Crippen LogP contribution in [-0.2, 0) is 5.41 Å². The number of hydrogen-bond acceptors (Lipinski definition) is 1. The zero-order valence-corrected chi connectivity index (χ0v) is 28.6. The lowest BCUT2D eigenvalue weighted by Gasteiger charge is -2.34. The molecule has 0 spiro atoms. The topological polar surface area (TPSA) is 12.0 Å². The standard InChI is InChI=1S/C51H35N/c1-3-12-41(13-4-1)51(42-14-5-2-6-15-42)49-18-10-9-17-47(49)48-32-26-39(34-50(48)51)36-23-29-44(30-24-36)52-43-27-21-35(22-28-43)38-25-31-46-40(33-38)20-19-37-11-7-8-16-45(37)46/h1-34,52H. The lowest BCUT2D eigenvalue weighted by molar-refractivity contribution is 0.769. The summed E-state index contributed by atoms with van der Waals surface area (Å²) >= 11 is 0. The second-order valence-electron chi connectivity index (χ2n) is 13.8. The molecule has 1 aliphatic carbocycles.